The van der Waals surface area contributed by atoms with Crippen LogP contribution >= 0.6 is 23.2 Å². The molecule has 1 radical (unpaired) electrons. The second kappa shape index (κ2) is 18.8. The average Bonchev–Trinajstić information content (AvgIpc) is 3.62. The molecule has 0 spiro atoms. The van der Waals surface area contributed by atoms with Gasteiger partial charge in [-0.1, -0.05) is 35.3 Å². The smallest absolute Gasteiger partial charge is 0.337 e. The van der Waals surface area contributed by atoms with Gasteiger partial charge in [0.15, 0.2) is 0 Å². The van der Waals surface area contributed by atoms with Gasteiger partial charge in [-0.2, -0.15) is 10.2 Å². The zero-order valence-corrected chi connectivity index (χ0v) is 33.6. The first kappa shape index (κ1) is 43.8. The summed E-state index contributed by atoms with van der Waals surface area (Å²) in [5.41, 5.74) is 5.55. The molecular weight excluding hydrogens is 822 g/mol. The van der Waals surface area contributed by atoms with Crippen molar-refractivity contribution in [2.24, 2.45) is 9.98 Å². The van der Waals surface area contributed by atoms with Gasteiger partial charge in [-0.15, -0.1) is 0 Å². The van der Waals surface area contributed by atoms with Gasteiger partial charge < -0.3 is 30.3 Å². The number of aromatic nitrogens is 4. The molecule has 6 aromatic rings. The van der Waals surface area contributed by atoms with Crippen LogP contribution in [0.25, 0.3) is 11.4 Å². The van der Waals surface area contributed by atoms with Gasteiger partial charge in [-0.05, 0) is 105 Å². The van der Waals surface area contributed by atoms with E-state index in [4.69, 9.17) is 33.0 Å². The van der Waals surface area contributed by atoms with E-state index in [1.165, 1.54) is 33.9 Å². The first-order valence-corrected chi connectivity index (χ1v) is 17.5. The van der Waals surface area contributed by atoms with Crippen molar-refractivity contribution in [3.8, 4) is 28.9 Å². The third-order valence-corrected chi connectivity index (χ3v) is 8.92. The first-order chi connectivity index (χ1) is 26.6. The SMILES string of the molecule is COc1ccc(-n2nc(C)c(C=Nc3c(C)cc(Cl)cc3C(=O)O)c2O)cc1.Cc1cc(Cl)cc(C(=O)O)c1N=Cc1c(C)nn(-c2ccc(CO)cc2)c1O.[Co]. The maximum Gasteiger partial charge on any atom is 0.337 e. The third-order valence-electron chi connectivity index (χ3n) is 8.48. The maximum absolute atomic E-state index is 11.5. The molecule has 0 atom stereocenters. The summed E-state index contributed by atoms with van der Waals surface area (Å²) in [6.07, 6.45) is 2.79. The van der Waals surface area contributed by atoms with Crippen LogP contribution in [0.2, 0.25) is 10.0 Å². The van der Waals surface area contributed by atoms with Crippen LogP contribution in [0.5, 0.6) is 17.5 Å². The molecule has 6 rings (SSSR count). The Morgan fingerprint density at radius 1 is 0.702 bits per heavy atom. The minimum Gasteiger partial charge on any atom is -0.497 e. The van der Waals surface area contributed by atoms with Crippen molar-refractivity contribution in [3.63, 3.8) is 0 Å². The van der Waals surface area contributed by atoms with Crippen molar-refractivity contribution in [3.05, 3.63) is 133 Å². The predicted molar refractivity (Wildman–Crippen MR) is 213 cm³/mol. The van der Waals surface area contributed by atoms with E-state index < -0.39 is 11.9 Å². The number of aromatic hydroxyl groups is 2. The van der Waals surface area contributed by atoms with Crippen molar-refractivity contribution in [1.29, 1.82) is 0 Å². The molecule has 297 valence electrons. The van der Waals surface area contributed by atoms with Gasteiger partial charge in [-0.25, -0.2) is 19.0 Å². The number of aryl methyl sites for hydroxylation is 4. The first-order valence-electron chi connectivity index (χ1n) is 16.7. The molecule has 2 heterocycles. The molecule has 0 bridgehead atoms. The van der Waals surface area contributed by atoms with Crippen molar-refractivity contribution in [2.75, 3.05) is 7.11 Å². The zero-order valence-electron chi connectivity index (χ0n) is 31.0. The Hall–Kier alpha value is -5.97. The molecule has 0 saturated heterocycles. The Labute approximate surface area is 347 Å². The quantitative estimate of drug-likeness (QED) is 0.0838. The minimum absolute atomic E-state index is 0. The fourth-order valence-corrected chi connectivity index (χ4v) is 6.13. The fourth-order valence-electron chi connectivity index (χ4n) is 5.58. The van der Waals surface area contributed by atoms with E-state index in [9.17, 15) is 30.0 Å². The van der Waals surface area contributed by atoms with Crippen LogP contribution in [-0.2, 0) is 23.4 Å². The molecule has 4 aromatic carbocycles. The molecule has 2 aromatic heterocycles. The monoisotopic (exact) mass is 857 g/mol. The van der Waals surface area contributed by atoms with E-state index in [-0.39, 0.29) is 57.6 Å². The summed E-state index contributed by atoms with van der Waals surface area (Å²) >= 11 is 11.9. The number of hydrogen-bond acceptors (Lipinski definition) is 10. The Balaban J connectivity index is 0.000000248. The number of benzene rings is 4. The van der Waals surface area contributed by atoms with Gasteiger partial charge in [0.25, 0.3) is 0 Å². The van der Waals surface area contributed by atoms with Gasteiger partial charge in [0, 0.05) is 39.3 Å². The van der Waals surface area contributed by atoms with Crippen LogP contribution in [0.3, 0.4) is 0 Å². The number of hydrogen-bond donors (Lipinski definition) is 5. The summed E-state index contributed by atoms with van der Waals surface area (Å²) in [6, 6.07) is 19.9. The number of carbonyl (C=O) groups is 2. The molecular formula is C40H36Cl2CoN6O8. The van der Waals surface area contributed by atoms with Crippen LogP contribution in [0.4, 0.5) is 11.4 Å². The molecule has 0 aliphatic rings. The number of carboxylic acids is 2. The summed E-state index contributed by atoms with van der Waals surface area (Å²) < 4.78 is 7.86. The van der Waals surface area contributed by atoms with Crippen LogP contribution < -0.4 is 4.74 Å². The third kappa shape index (κ3) is 9.89. The summed E-state index contributed by atoms with van der Waals surface area (Å²) in [5.74, 6) is -1.81. The summed E-state index contributed by atoms with van der Waals surface area (Å²) in [7, 11) is 1.57. The Morgan fingerprint density at radius 2 is 1.09 bits per heavy atom. The number of nitrogens with zero attached hydrogens (tertiary/aromatic N) is 6. The molecule has 0 amide bonds. The molecule has 0 aliphatic heterocycles. The van der Waals surface area contributed by atoms with E-state index >= 15 is 0 Å². The Morgan fingerprint density at radius 3 is 1.44 bits per heavy atom. The number of methoxy groups -OCH3 is 1. The summed E-state index contributed by atoms with van der Waals surface area (Å²) in [4.78, 5) is 31.6. The fraction of sp³-hybridized carbons (Fsp3) is 0.150. The number of aliphatic hydroxyl groups excluding tert-OH is 1. The second-order valence-corrected chi connectivity index (χ2v) is 13.2. The second-order valence-electron chi connectivity index (χ2n) is 12.4. The van der Waals surface area contributed by atoms with E-state index in [0.29, 0.717) is 60.8 Å². The van der Waals surface area contributed by atoms with Crippen LogP contribution in [0.15, 0.2) is 82.8 Å². The van der Waals surface area contributed by atoms with Crippen LogP contribution in [0.1, 0.15) is 59.9 Å². The number of halogens is 2. The van der Waals surface area contributed by atoms with Gasteiger partial charge in [0.05, 0.1) is 70.1 Å². The molecule has 0 unspecified atom stereocenters. The van der Waals surface area contributed by atoms with Crippen LogP contribution in [0, 0.1) is 27.7 Å². The number of carboxylic acid groups (broad SMARTS) is 2. The number of ether oxygens (including phenoxy) is 1. The molecule has 5 N–H and O–H groups in total. The van der Waals surface area contributed by atoms with Crippen molar-refractivity contribution >= 4 is 58.9 Å². The van der Waals surface area contributed by atoms with Gasteiger partial charge in [0.1, 0.15) is 5.75 Å². The number of aliphatic hydroxyl groups is 1. The van der Waals surface area contributed by atoms with E-state index in [1.807, 2.05) is 0 Å². The summed E-state index contributed by atoms with van der Waals surface area (Å²) in [5, 5.41) is 58.4. The van der Waals surface area contributed by atoms with E-state index in [2.05, 4.69) is 20.2 Å². The van der Waals surface area contributed by atoms with Crippen molar-refractivity contribution < 1.29 is 56.6 Å². The summed E-state index contributed by atoms with van der Waals surface area (Å²) in [6.45, 7) is 6.80. The average molecular weight is 859 g/mol. The largest absolute Gasteiger partial charge is 0.497 e. The van der Waals surface area contributed by atoms with Gasteiger partial charge in [0.2, 0.25) is 11.8 Å². The van der Waals surface area contributed by atoms with Crippen molar-refractivity contribution in [2.45, 2.75) is 34.3 Å². The number of rotatable bonds is 10. The normalized spacial score (nSPS) is 11.0. The molecule has 14 nitrogen and oxygen atoms in total. The van der Waals surface area contributed by atoms with Gasteiger partial charge >= 0.3 is 11.9 Å². The molecule has 0 fully saturated rings. The molecule has 57 heavy (non-hydrogen) atoms. The molecule has 17 heteroatoms. The number of aromatic carboxylic acids is 2. The topological polar surface area (TPSA) is 205 Å². The molecule has 0 aliphatic carbocycles. The van der Waals surface area contributed by atoms with E-state index in [1.54, 1.807) is 95.5 Å². The maximum atomic E-state index is 11.5. The Kier molecular flexibility index (Phi) is 14.4. The number of aliphatic imine (C=N–C) groups is 2. The van der Waals surface area contributed by atoms with E-state index in [0.717, 1.165) is 5.56 Å². The predicted octanol–water partition coefficient (Wildman–Crippen LogP) is 8.09. The van der Waals surface area contributed by atoms with Crippen molar-refractivity contribution in [1.82, 2.24) is 19.6 Å². The van der Waals surface area contributed by atoms with Gasteiger partial charge in [-0.3, -0.25) is 9.98 Å². The van der Waals surface area contributed by atoms with Crippen LogP contribution in [-0.4, -0.2) is 76.6 Å². The Bertz CT molecular complexity index is 2320. The molecule has 0 saturated carbocycles. The minimum atomic E-state index is -1.14. The zero-order chi connectivity index (χ0) is 40.8. The standard InChI is InChI=1S/2C20H18ClN3O4.Co/c1-11-8-13(21)9-16(20(26)27)18(11)22-10-17-12(2)23-24(19(17)25)14-4-6-15(28-3)7-5-14;1-11-7-14(21)8-16(20(27)28)18(11)22-9-17-12(2)23-24(19(17)26)15-5-3-13(10-25)4-6-15;/h4-10,25H,1-3H3,(H,26,27);3-9,25-26H,10H2,1-2H3,(H,27,28);.